The molecule has 2 heterocycles. The molecular weight excluding hydrogens is 437 g/mol. The molecule has 1 atom stereocenters. The highest BCUT2D eigenvalue weighted by molar-refractivity contribution is 6.37. The van der Waals surface area contributed by atoms with Crippen LogP contribution in [0, 0.1) is 11.3 Å². The van der Waals surface area contributed by atoms with Crippen molar-refractivity contribution in [2.75, 3.05) is 16.9 Å². The van der Waals surface area contributed by atoms with Crippen LogP contribution in [0.3, 0.4) is 0 Å². The molecule has 0 spiro atoms. The molecule has 2 aliphatic heterocycles. The molecule has 1 saturated heterocycles. The van der Waals surface area contributed by atoms with Gasteiger partial charge in [-0.1, -0.05) is 23.2 Å². The number of fused-ring (bicyclic) bond motifs is 1. The first-order chi connectivity index (χ1) is 14.4. The Bertz CT molecular complexity index is 1110. The van der Waals surface area contributed by atoms with E-state index in [-0.39, 0.29) is 34.0 Å². The van der Waals surface area contributed by atoms with Crippen molar-refractivity contribution in [3.63, 3.8) is 0 Å². The van der Waals surface area contributed by atoms with Crippen molar-refractivity contribution in [2.24, 2.45) is 0 Å². The molecule has 4 amide bonds. The van der Waals surface area contributed by atoms with Crippen molar-refractivity contribution in [1.29, 1.82) is 5.26 Å². The van der Waals surface area contributed by atoms with Crippen LogP contribution < -0.4 is 30.5 Å². The number of benzene rings is 2. The third-order valence-corrected chi connectivity index (χ3v) is 4.72. The summed E-state index contributed by atoms with van der Waals surface area (Å²) in [5.74, 6) is -0.151. The molecule has 12 heteroatoms. The van der Waals surface area contributed by atoms with Crippen LogP contribution in [0.15, 0.2) is 30.3 Å². The van der Waals surface area contributed by atoms with Crippen LogP contribution in [-0.2, 0) is 9.59 Å². The maximum atomic E-state index is 11.9. The number of imide groups is 1. The molecule has 3 N–H and O–H groups in total. The van der Waals surface area contributed by atoms with Gasteiger partial charge in [-0.2, -0.15) is 5.26 Å². The van der Waals surface area contributed by atoms with E-state index in [1.807, 2.05) is 5.32 Å². The number of carbonyl (C=O) groups is 3. The minimum Gasteiger partial charge on any atom is -0.481 e. The summed E-state index contributed by atoms with van der Waals surface area (Å²) in [5, 5.41) is 15.1. The summed E-state index contributed by atoms with van der Waals surface area (Å²) in [4.78, 5) is 34.8. The predicted molar refractivity (Wildman–Crippen MR) is 106 cm³/mol. The number of hydrogen-bond acceptors (Lipinski definition) is 7. The maximum Gasteiger partial charge on any atom is 0.340 e. The minimum absolute atomic E-state index is 0.0707. The Morgan fingerprint density at radius 1 is 1.13 bits per heavy atom. The van der Waals surface area contributed by atoms with Crippen LogP contribution in [0.2, 0.25) is 10.0 Å². The zero-order chi connectivity index (χ0) is 21.4. The molecule has 0 aliphatic carbocycles. The molecule has 30 heavy (non-hydrogen) atoms. The van der Waals surface area contributed by atoms with Gasteiger partial charge in [-0.05, 0) is 24.3 Å². The molecule has 10 nitrogen and oxygen atoms in total. The minimum atomic E-state index is -1.31. The highest BCUT2D eigenvalue weighted by atomic mass is 35.5. The topological polar surface area (TPSA) is 133 Å². The van der Waals surface area contributed by atoms with E-state index in [0.717, 1.165) is 5.01 Å². The molecule has 0 radical (unpaired) electrons. The van der Waals surface area contributed by atoms with Gasteiger partial charge in [0.25, 0.3) is 11.8 Å². The van der Waals surface area contributed by atoms with Crippen LogP contribution >= 0.6 is 23.2 Å². The molecule has 4 rings (SSSR count). The van der Waals surface area contributed by atoms with Gasteiger partial charge in [0, 0.05) is 6.07 Å². The second-order valence-corrected chi connectivity index (χ2v) is 6.98. The van der Waals surface area contributed by atoms with Gasteiger partial charge in [-0.3, -0.25) is 19.9 Å². The van der Waals surface area contributed by atoms with Crippen LogP contribution in [-0.4, -0.2) is 30.5 Å². The monoisotopic (exact) mass is 447 g/mol. The lowest BCUT2D eigenvalue weighted by Crippen LogP contribution is -2.64. The number of urea groups is 1. The highest BCUT2D eigenvalue weighted by Crippen LogP contribution is 2.41. The zero-order valence-electron chi connectivity index (χ0n) is 14.9. The average molecular weight is 448 g/mol. The number of halogens is 2. The zero-order valence-corrected chi connectivity index (χ0v) is 16.4. The van der Waals surface area contributed by atoms with Gasteiger partial charge in [0.15, 0.2) is 12.4 Å². The molecule has 152 valence electrons. The van der Waals surface area contributed by atoms with Gasteiger partial charge in [-0.25, -0.2) is 10.2 Å². The van der Waals surface area contributed by atoms with Crippen molar-refractivity contribution in [3.05, 3.63) is 40.4 Å². The summed E-state index contributed by atoms with van der Waals surface area (Å²) in [6.45, 7) is -0.109. The fraction of sp³-hybridized carbons (Fsp3) is 0.111. The number of amides is 4. The van der Waals surface area contributed by atoms with E-state index < -0.39 is 18.0 Å². The average Bonchev–Trinajstić information content (AvgIpc) is 2.70. The Hall–Kier alpha value is -3.68. The smallest absolute Gasteiger partial charge is 0.340 e. The van der Waals surface area contributed by atoms with Crippen molar-refractivity contribution in [1.82, 2.24) is 10.7 Å². The van der Waals surface area contributed by atoms with Gasteiger partial charge in [-0.15, -0.1) is 0 Å². The second kappa shape index (κ2) is 7.62. The van der Waals surface area contributed by atoms with Crippen molar-refractivity contribution in [3.8, 4) is 23.3 Å². The van der Waals surface area contributed by atoms with Gasteiger partial charge < -0.3 is 14.8 Å². The van der Waals surface area contributed by atoms with Crippen LogP contribution in [0.1, 0.15) is 0 Å². The number of nitriles is 1. The Balaban J connectivity index is 1.62. The molecule has 1 fully saturated rings. The summed E-state index contributed by atoms with van der Waals surface area (Å²) in [6, 6.07) is 7.23. The van der Waals surface area contributed by atoms with Crippen LogP contribution in [0.4, 0.5) is 16.2 Å². The number of anilines is 2. The number of nitrogens with zero attached hydrogens (tertiary/aromatic N) is 2. The third-order valence-electron chi connectivity index (χ3n) is 4.15. The number of carbonyl (C=O) groups excluding carboxylic acids is 3. The first-order valence-corrected chi connectivity index (χ1v) is 9.15. The highest BCUT2D eigenvalue weighted by Gasteiger charge is 2.34. The quantitative estimate of drug-likeness (QED) is 0.658. The largest absolute Gasteiger partial charge is 0.481 e. The van der Waals surface area contributed by atoms with E-state index in [2.05, 4.69) is 10.7 Å². The Kier molecular flexibility index (Phi) is 4.99. The van der Waals surface area contributed by atoms with E-state index >= 15 is 0 Å². The summed E-state index contributed by atoms with van der Waals surface area (Å²) in [6.07, 6.45) is 0. The van der Waals surface area contributed by atoms with E-state index in [1.165, 1.54) is 12.1 Å². The molecule has 1 unspecified atom stereocenters. The second-order valence-electron chi connectivity index (χ2n) is 6.17. The lowest BCUT2D eigenvalue weighted by atomic mass is 10.2. The molecule has 2 aromatic rings. The first-order valence-electron chi connectivity index (χ1n) is 8.39. The molecular formula is C18H11Cl2N5O5. The van der Waals surface area contributed by atoms with Gasteiger partial charge in [0.05, 0.1) is 27.5 Å². The maximum absolute atomic E-state index is 11.9. The van der Waals surface area contributed by atoms with Gasteiger partial charge >= 0.3 is 6.03 Å². The van der Waals surface area contributed by atoms with Crippen LogP contribution in [0.5, 0.6) is 17.2 Å². The number of rotatable bonds is 3. The number of nitrogens with one attached hydrogen (secondary N) is 3. The van der Waals surface area contributed by atoms with E-state index in [1.54, 1.807) is 24.3 Å². The van der Waals surface area contributed by atoms with E-state index in [0.29, 0.717) is 17.2 Å². The molecule has 2 aliphatic rings. The number of hydrogen-bond donors (Lipinski definition) is 3. The Labute approximate surface area is 179 Å². The van der Waals surface area contributed by atoms with Crippen molar-refractivity contribution < 1.29 is 23.9 Å². The number of hydrazine groups is 1. The SMILES string of the molecule is N#CC1C(=O)NC(=O)NN1c1cc(Cl)c(Oc2ccc3c(c2)OCC(=O)N3)c(Cl)c1. The Morgan fingerprint density at radius 3 is 2.57 bits per heavy atom. The molecule has 0 aromatic heterocycles. The van der Waals surface area contributed by atoms with Crippen molar-refractivity contribution >= 4 is 52.4 Å². The first kappa shape index (κ1) is 19.6. The standard InChI is InChI=1S/C18H11Cl2N5O5/c19-10-3-8(25-13(6-21)17(27)23-18(28)24-25)4-11(20)16(10)30-9-1-2-12-14(5-9)29-7-15(26)22-12/h1-5,13H,7H2,(H,22,26)(H2,23,24,27,28). The third kappa shape index (κ3) is 3.63. The van der Waals surface area contributed by atoms with Crippen LogP contribution in [0.25, 0.3) is 0 Å². The van der Waals surface area contributed by atoms with E-state index in [4.69, 9.17) is 32.7 Å². The predicted octanol–water partition coefficient (Wildman–Crippen LogP) is 2.57. The fourth-order valence-electron chi connectivity index (χ4n) is 2.85. The summed E-state index contributed by atoms with van der Waals surface area (Å²) in [5.41, 5.74) is 3.08. The van der Waals surface area contributed by atoms with E-state index in [9.17, 15) is 19.6 Å². The summed E-state index contributed by atoms with van der Waals surface area (Å²) < 4.78 is 11.1. The summed E-state index contributed by atoms with van der Waals surface area (Å²) in [7, 11) is 0. The van der Waals surface area contributed by atoms with Crippen molar-refractivity contribution in [2.45, 2.75) is 6.04 Å². The molecule has 0 bridgehead atoms. The lowest BCUT2D eigenvalue weighted by molar-refractivity contribution is -0.121. The lowest BCUT2D eigenvalue weighted by Gasteiger charge is -2.32. The number of ether oxygens (including phenoxy) is 2. The van der Waals surface area contributed by atoms with Gasteiger partial charge in [0.1, 0.15) is 11.5 Å². The summed E-state index contributed by atoms with van der Waals surface area (Å²) >= 11 is 12.6. The normalized spacial score (nSPS) is 17.7. The Morgan fingerprint density at radius 2 is 1.87 bits per heavy atom. The van der Waals surface area contributed by atoms with Gasteiger partial charge in [0.2, 0.25) is 6.04 Å². The fourth-order valence-corrected chi connectivity index (χ4v) is 3.40. The molecule has 2 aromatic carbocycles. The molecule has 0 saturated carbocycles.